The minimum atomic E-state index is -0.302. The van der Waals surface area contributed by atoms with E-state index in [1.54, 1.807) is 4.68 Å². The number of nitrogens with two attached hydrogens (primary N) is 1. The third kappa shape index (κ3) is 3.25. The van der Waals surface area contributed by atoms with Crippen molar-refractivity contribution in [2.45, 2.75) is 6.42 Å². The van der Waals surface area contributed by atoms with Gasteiger partial charge in [-0.3, -0.25) is 9.48 Å². The number of carbonyl (C=O) groups excluding carboxylic acids is 1. The van der Waals surface area contributed by atoms with Crippen LogP contribution in [0.2, 0.25) is 0 Å². The van der Waals surface area contributed by atoms with Crippen molar-refractivity contribution in [3.63, 3.8) is 0 Å². The summed E-state index contributed by atoms with van der Waals surface area (Å²) in [5.41, 5.74) is 7.22. The Hall–Kier alpha value is -2.50. The van der Waals surface area contributed by atoms with Gasteiger partial charge in [0.2, 0.25) is 0 Å². The summed E-state index contributed by atoms with van der Waals surface area (Å²) in [5.74, 6) is -0.284. The maximum absolute atomic E-state index is 11.9. The molecular formula is C13H16N4O2. The number of aryl methyl sites for hydroxylation is 1. The van der Waals surface area contributed by atoms with Gasteiger partial charge in [0.25, 0.3) is 5.91 Å². The lowest BCUT2D eigenvalue weighted by Crippen LogP contribution is -2.26. The van der Waals surface area contributed by atoms with E-state index in [2.05, 4.69) is 10.4 Å². The molecule has 0 radical (unpaired) electrons. The Morgan fingerprint density at radius 3 is 2.95 bits per heavy atom. The zero-order valence-electron chi connectivity index (χ0n) is 10.6. The summed E-state index contributed by atoms with van der Waals surface area (Å²) in [7, 11) is 1.84. The predicted molar refractivity (Wildman–Crippen MR) is 71.8 cm³/mol. The highest BCUT2D eigenvalue weighted by atomic mass is 16.3. The molecule has 6 heteroatoms. The van der Waals surface area contributed by atoms with Crippen molar-refractivity contribution in [1.82, 2.24) is 15.1 Å². The summed E-state index contributed by atoms with van der Waals surface area (Å²) in [6.07, 6.45) is 2.50. The average molecular weight is 260 g/mol. The molecule has 4 N–H and O–H groups in total. The van der Waals surface area contributed by atoms with Crippen LogP contribution in [0, 0.1) is 0 Å². The van der Waals surface area contributed by atoms with Crippen molar-refractivity contribution < 1.29 is 9.90 Å². The molecule has 0 bridgehead atoms. The topological polar surface area (TPSA) is 93.2 Å². The molecule has 2 rings (SSSR count). The first-order chi connectivity index (χ1) is 9.06. The van der Waals surface area contributed by atoms with E-state index in [4.69, 9.17) is 5.73 Å². The third-order valence-corrected chi connectivity index (χ3v) is 2.72. The number of nitrogens with one attached hydrogen (secondary N) is 1. The maximum Gasteiger partial charge on any atom is 0.253 e. The van der Waals surface area contributed by atoms with Crippen molar-refractivity contribution >= 4 is 11.6 Å². The molecule has 0 aliphatic rings. The number of benzene rings is 1. The fourth-order valence-electron chi connectivity index (χ4n) is 1.74. The first-order valence-corrected chi connectivity index (χ1v) is 5.91. The van der Waals surface area contributed by atoms with Gasteiger partial charge in [-0.2, -0.15) is 5.10 Å². The minimum Gasteiger partial charge on any atom is -0.508 e. The molecule has 0 spiro atoms. The number of nitrogens with zero attached hydrogens (tertiary/aromatic N) is 2. The Morgan fingerprint density at radius 1 is 1.47 bits per heavy atom. The number of aromatic nitrogens is 2. The molecule has 2 aromatic rings. The van der Waals surface area contributed by atoms with E-state index in [1.807, 2.05) is 19.3 Å². The van der Waals surface area contributed by atoms with Gasteiger partial charge in [-0.15, -0.1) is 0 Å². The van der Waals surface area contributed by atoms with E-state index in [-0.39, 0.29) is 17.2 Å². The Balaban J connectivity index is 1.92. The Bertz CT molecular complexity index is 592. The number of carbonyl (C=O) groups is 1. The molecule has 1 amide bonds. The molecular weight excluding hydrogens is 244 g/mol. The number of hydrogen-bond acceptors (Lipinski definition) is 4. The molecule has 0 fully saturated rings. The quantitative estimate of drug-likeness (QED) is 0.556. The zero-order valence-corrected chi connectivity index (χ0v) is 10.6. The Kier molecular flexibility index (Phi) is 3.70. The summed E-state index contributed by atoms with van der Waals surface area (Å²) < 4.78 is 1.71. The van der Waals surface area contributed by atoms with Crippen LogP contribution in [0.3, 0.4) is 0 Å². The van der Waals surface area contributed by atoms with Crippen molar-refractivity contribution in [2.75, 3.05) is 12.3 Å². The lowest BCUT2D eigenvalue weighted by atomic mass is 10.1. The van der Waals surface area contributed by atoms with Gasteiger partial charge in [-0.05, 0) is 24.3 Å². The van der Waals surface area contributed by atoms with E-state index in [9.17, 15) is 9.90 Å². The van der Waals surface area contributed by atoms with Crippen molar-refractivity contribution in [3.05, 3.63) is 41.7 Å². The molecule has 0 unspecified atom stereocenters. The van der Waals surface area contributed by atoms with E-state index < -0.39 is 0 Å². The van der Waals surface area contributed by atoms with Crippen LogP contribution in [0.5, 0.6) is 5.75 Å². The molecule has 0 aliphatic heterocycles. The smallest absolute Gasteiger partial charge is 0.253 e. The summed E-state index contributed by atoms with van der Waals surface area (Å²) in [6.45, 7) is 0.463. The average Bonchev–Trinajstić information content (AvgIpc) is 2.78. The molecule has 0 aliphatic carbocycles. The summed E-state index contributed by atoms with van der Waals surface area (Å²) >= 11 is 0. The monoisotopic (exact) mass is 260 g/mol. The van der Waals surface area contributed by atoms with Crippen LogP contribution in [0.25, 0.3) is 0 Å². The van der Waals surface area contributed by atoms with E-state index in [0.29, 0.717) is 18.7 Å². The molecule has 19 heavy (non-hydrogen) atoms. The number of anilines is 1. The maximum atomic E-state index is 11.9. The van der Waals surface area contributed by atoms with Crippen LogP contribution in [0.1, 0.15) is 16.1 Å². The van der Waals surface area contributed by atoms with Gasteiger partial charge >= 0.3 is 0 Å². The van der Waals surface area contributed by atoms with Gasteiger partial charge < -0.3 is 16.2 Å². The molecule has 1 aromatic heterocycles. The Labute approximate surface area is 110 Å². The van der Waals surface area contributed by atoms with E-state index >= 15 is 0 Å². The largest absolute Gasteiger partial charge is 0.508 e. The number of phenolic OH excluding ortho intramolecular Hbond substituents is 1. The first-order valence-electron chi connectivity index (χ1n) is 5.91. The highest BCUT2D eigenvalue weighted by Gasteiger charge is 2.10. The number of phenols is 1. The fourth-order valence-corrected chi connectivity index (χ4v) is 1.74. The standard InChI is InChI=1S/C13H16N4O2/c1-17-7-5-9(16-17)4-6-15-13(19)11-8-10(18)2-3-12(11)14/h2-3,5,7-8,18H,4,6,14H2,1H3,(H,15,19). The highest BCUT2D eigenvalue weighted by molar-refractivity contribution is 5.99. The van der Waals surface area contributed by atoms with Gasteiger partial charge in [-0.1, -0.05) is 0 Å². The second-order valence-electron chi connectivity index (χ2n) is 4.26. The molecule has 6 nitrogen and oxygen atoms in total. The van der Waals surface area contributed by atoms with Crippen LogP contribution in [-0.2, 0) is 13.5 Å². The van der Waals surface area contributed by atoms with Crippen molar-refractivity contribution in [3.8, 4) is 5.75 Å². The molecule has 100 valence electrons. The number of rotatable bonds is 4. The number of amides is 1. The van der Waals surface area contributed by atoms with Crippen molar-refractivity contribution in [1.29, 1.82) is 0 Å². The highest BCUT2D eigenvalue weighted by Crippen LogP contribution is 2.18. The molecule has 0 atom stereocenters. The third-order valence-electron chi connectivity index (χ3n) is 2.72. The minimum absolute atomic E-state index is 0.0177. The lowest BCUT2D eigenvalue weighted by Gasteiger charge is -2.07. The Morgan fingerprint density at radius 2 is 2.26 bits per heavy atom. The van der Waals surface area contributed by atoms with Crippen LogP contribution >= 0.6 is 0 Å². The normalized spacial score (nSPS) is 10.4. The second-order valence-corrected chi connectivity index (χ2v) is 4.26. The summed E-state index contributed by atoms with van der Waals surface area (Å²) in [4.78, 5) is 11.9. The van der Waals surface area contributed by atoms with Gasteiger partial charge in [0.15, 0.2) is 0 Å². The molecule has 1 heterocycles. The van der Waals surface area contributed by atoms with Crippen LogP contribution in [0.4, 0.5) is 5.69 Å². The molecule has 0 saturated carbocycles. The SMILES string of the molecule is Cn1ccc(CCNC(=O)c2cc(O)ccc2N)n1. The van der Waals surface area contributed by atoms with E-state index in [0.717, 1.165) is 5.69 Å². The van der Waals surface area contributed by atoms with E-state index in [1.165, 1.54) is 18.2 Å². The van der Waals surface area contributed by atoms with Gasteiger partial charge in [0, 0.05) is 31.9 Å². The first kappa shape index (κ1) is 12.9. The molecule has 1 aromatic carbocycles. The molecule has 0 saturated heterocycles. The zero-order chi connectivity index (χ0) is 13.8. The lowest BCUT2D eigenvalue weighted by molar-refractivity contribution is 0.0954. The van der Waals surface area contributed by atoms with Crippen molar-refractivity contribution in [2.24, 2.45) is 7.05 Å². The van der Waals surface area contributed by atoms with Crippen LogP contribution in [0.15, 0.2) is 30.5 Å². The van der Waals surface area contributed by atoms with Crippen LogP contribution in [-0.4, -0.2) is 27.3 Å². The second kappa shape index (κ2) is 5.43. The number of nitrogen functional groups attached to an aromatic ring is 1. The van der Waals surface area contributed by atoms with Gasteiger partial charge in [0.05, 0.1) is 11.3 Å². The van der Waals surface area contributed by atoms with Gasteiger partial charge in [-0.25, -0.2) is 0 Å². The number of aromatic hydroxyl groups is 1. The fraction of sp³-hybridized carbons (Fsp3) is 0.231. The number of hydrogen-bond donors (Lipinski definition) is 3. The van der Waals surface area contributed by atoms with Gasteiger partial charge in [0.1, 0.15) is 5.75 Å². The predicted octanol–water partition coefficient (Wildman–Crippen LogP) is 0.680. The summed E-state index contributed by atoms with van der Waals surface area (Å²) in [5, 5.41) is 16.3. The van der Waals surface area contributed by atoms with Crippen LogP contribution < -0.4 is 11.1 Å². The summed E-state index contributed by atoms with van der Waals surface area (Å²) in [6, 6.07) is 6.20.